The van der Waals surface area contributed by atoms with Crippen LogP contribution in [0, 0.1) is 0 Å². The van der Waals surface area contributed by atoms with E-state index in [0.717, 1.165) is 19.1 Å². The minimum atomic E-state index is -3.30. The number of rotatable bonds is 6. The number of aldehydes is 1. The van der Waals surface area contributed by atoms with E-state index in [1.165, 1.54) is 0 Å². The van der Waals surface area contributed by atoms with Crippen LogP contribution in [0.25, 0.3) is 0 Å². The molecule has 0 unspecified atom stereocenters. The average molecular weight is 179 g/mol. The van der Waals surface area contributed by atoms with Gasteiger partial charge in [0.2, 0.25) is 10.0 Å². The third-order valence-electron chi connectivity index (χ3n) is 1.25. The molecule has 0 fully saturated rings. The second-order valence-corrected chi connectivity index (χ2v) is 4.12. The van der Waals surface area contributed by atoms with E-state index in [4.69, 9.17) is 5.14 Å². The van der Waals surface area contributed by atoms with Crippen molar-refractivity contribution in [1.29, 1.82) is 0 Å². The van der Waals surface area contributed by atoms with E-state index in [1.807, 2.05) is 0 Å². The molecule has 0 aromatic heterocycles. The molecule has 0 radical (unpaired) electrons. The fraction of sp³-hybridized carbons (Fsp3) is 0.833. The SMILES string of the molecule is NS(=O)(=O)CCCCCC=O. The van der Waals surface area contributed by atoms with Crippen LogP contribution in [0.4, 0.5) is 0 Å². The van der Waals surface area contributed by atoms with E-state index in [0.29, 0.717) is 12.8 Å². The summed E-state index contributed by atoms with van der Waals surface area (Å²) in [6.45, 7) is 0. The summed E-state index contributed by atoms with van der Waals surface area (Å²) in [5, 5.41) is 4.75. The smallest absolute Gasteiger partial charge is 0.209 e. The van der Waals surface area contributed by atoms with Gasteiger partial charge in [0.05, 0.1) is 5.75 Å². The van der Waals surface area contributed by atoms with Crippen molar-refractivity contribution in [2.45, 2.75) is 25.7 Å². The summed E-state index contributed by atoms with van der Waals surface area (Å²) in [5.74, 6) is 0.0197. The number of primary sulfonamides is 1. The second kappa shape index (κ2) is 5.26. The van der Waals surface area contributed by atoms with Gasteiger partial charge in [-0.1, -0.05) is 6.42 Å². The number of hydrogen-bond acceptors (Lipinski definition) is 3. The van der Waals surface area contributed by atoms with Crippen LogP contribution in [0.3, 0.4) is 0 Å². The third-order valence-corrected chi connectivity index (χ3v) is 2.11. The van der Waals surface area contributed by atoms with Gasteiger partial charge in [0.25, 0.3) is 0 Å². The summed E-state index contributed by atoms with van der Waals surface area (Å²) in [5.41, 5.74) is 0. The summed E-state index contributed by atoms with van der Waals surface area (Å²) < 4.78 is 20.7. The maximum Gasteiger partial charge on any atom is 0.209 e. The Morgan fingerprint density at radius 2 is 1.82 bits per heavy atom. The van der Waals surface area contributed by atoms with Gasteiger partial charge in [-0.25, -0.2) is 13.6 Å². The van der Waals surface area contributed by atoms with Gasteiger partial charge in [-0.3, -0.25) is 0 Å². The summed E-state index contributed by atoms with van der Waals surface area (Å²) in [6, 6.07) is 0. The Labute approximate surface area is 66.8 Å². The first kappa shape index (κ1) is 10.6. The molecule has 0 aliphatic heterocycles. The summed E-state index contributed by atoms with van der Waals surface area (Å²) in [7, 11) is -3.30. The van der Waals surface area contributed by atoms with Crippen molar-refractivity contribution < 1.29 is 13.2 Å². The van der Waals surface area contributed by atoms with Crippen molar-refractivity contribution in [1.82, 2.24) is 0 Å². The fourth-order valence-corrected chi connectivity index (χ4v) is 1.31. The molecule has 0 aliphatic rings. The van der Waals surface area contributed by atoms with Crippen LogP contribution >= 0.6 is 0 Å². The molecule has 0 atom stereocenters. The van der Waals surface area contributed by atoms with E-state index in [1.54, 1.807) is 0 Å². The van der Waals surface area contributed by atoms with Crippen molar-refractivity contribution in [2.75, 3.05) is 5.75 Å². The zero-order valence-corrected chi connectivity index (χ0v) is 7.14. The molecular weight excluding hydrogens is 166 g/mol. The van der Waals surface area contributed by atoms with E-state index in [2.05, 4.69) is 0 Å². The second-order valence-electron chi connectivity index (χ2n) is 2.38. The molecule has 66 valence electrons. The maximum absolute atomic E-state index is 10.4. The summed E-state index contributed by atoms with van der Waals surface area (Å²) >= 11 is 0. The van der Waals surface area contributed by atoms with Crippen LogP contribution < -0.4 is 5.14 Å². The predicted octanol–water partition coefficient (Wildman–Crippen LogP) is 0.0342. The minimum Gasteiger partial charge on any atom is -0.303 e. The quantitative estimate of drug-likeness (QED) is 0.461. The Morgan fingerprint density at radius 1 is 1.18 bits per heavy atom. The fourth-order valence-electron chi connectivity index (χ4n) is 0.708. The van der Waals surface area contributed by atoms with Crippen molar-refractivity contribution in [3.63, 3.8) is 0 Å². The molecule has 0 bridgehead atoms. The number of sulfonamides is 1. The van der Waals surface area contributed by atoms with Gasteiger partial charge < -0.3 is 4.79 Å². The van der Waals surface area contributed by atoms with Gasteiger partial charge in [-0.05, 0) is 12.8 Å². The Morgan fingerprint density at radius 3 is 2.27 bits per heavy atom. The van der Waals surface area contributed by atoms with E-state index in [-0.39, 0.29) is 5.75 Å². The number of carbonyl (C=O) groups excluding carboxylic acids is 1. The van der Waals surface area contributed by atoms with Crippen LogP contribution in [-0.2, 0) is 14.8 Å². The van der Waals surface area contributed by atoms with Crippen molar-refractivity contribution in [2.24, 2.45) is 5.14 Å². The molecule has 4 nitrogen and oxygen atoms in total. The Balaban J connectivity index is 3.22. The number of hydrogen-bond donors (Lipinski definition) is 1. The topological polar surface area (TPSA) is 77.2 Å². The standard InChI is InChI=1S/C6H13NO3S/c7-11(9,10)6-4-2-1-3-5-8/h5H,1-4,6H2,(H2,7,9,10). The van der Waals surface area contributed by atoms with Crippen molar-refractivity contribution in [3.05, 3.63) is 0 Å². The van der Waals surface area contributed by atoms with E-state index >= 15 is 0 Å². The highest BCUT2D eigenvalue weighted by Crippen LogP contribution is 1.98. The molecule has 0 saturated carbocycles. The summed E-state index contributed by atoms with van der Waals surface area (Å²) in [4.78, 5) is 9.82. The van der Waals surface area contributed by atoms with Gasteiger partial charge in [-0.2, -0.15) is 0 Å². The summed E-state index contributed by atoms with van der Waals surface area (Å²) in [6.07, 6.45) is 3.38. The number of nitrogens with two attached hydrogens (primary N) is 1. The van der Waals surface area contributed by atoms with Gasteiger partial charge in [-0.15, -0.1) is 0 Å². The molecule has 0 amide bonds. The van der Waals surface area contributed by atoms with Crippen LogP contribution in [0.5, 0.6) is 0 Å². The minimum absolute atomic E-state index is 0.0197. The highest BCUT2D eigenvalue weighted by molar-refractivity contribution is 7.89. The normalized spacial score (nSPS) is 11.4. The monoisotopic (exact) mass is 179 g/mol. The zero-order valence-electron chi connectivity index (χ0n) is 6.32. The molecule has 0 rings (SSSR count). The Hall–Kier alpha value is -0.420. The van der Waals surface area contributed by atoms with Crippen LogP contribution in [0.1, 0.15) is 25.7 Å². The average Bonchev–Trinajstić information content (AvgIpc) is 1.85. The zero-order chi connectivity index (χ0) is 8.74. The first-order valence-electron chi connectivity index (χ1n) is 3.50. The largest absolute Gasteiger partial charge is 0.303 e. The lowest BCUT2D eigenvalue weighted by molar-refractivity contribution is -0.107. The van der Waals surface area contributed by atoms with Gasteiger partial charge in [0, 0.05) is 6.42 Å². The molecule has 0 heterocycles. The highest BCUT2D eigenvalue weighted by Gasteiger charge is 2.00. The van der Waals surface area contributed by atoms with Crippen LogP contribution in [-0.4, -0.2) is 20.5 Å². The first-order valence-corrected chi connectivity index (χ1v) is 5.22. The van der Waals surface area contributed by atoms with Crippen molar-refractivity contribution >= 4 is 16.3 Å². The molecule has 0 aromatic rings. The Kier molecular flexibility index (Phi) is 5.06. The number of unbranched alkanes of at least 4 members (excludes halogenated alkanes) is 3. The predicted molar refractivity (Wildman–Crippen MR) is 42.5 cm³/mol. The van der Waals surface area contributed by atoms with Crippen LogP contribution in [0.15, 0.2) is 0 Å². The number of carbonyl (C=O) groups is 1. The molecule has 5 heteroatoms. The molecule has 0 saturated heterocycles. The Bertz CT molecular complexity index is 198. The van der Waals surface area contributed by atoms with Gasteiger partial charge >= 0.3 is 0 Å². The maximum atomic E-state index is 10.4. The lowest BCUT2D eigenvalue weighted by Crippen LogP contribution is -2.16. The molecule has 0 aliphatic carbocycles. The molecule has 2 N–H and O–H groups in total. The van der Waals surface area contributed by atoms with Gasteiger partial charge in [0.15, 0.2) is 0 Å². The molecular formula is C6H13NO3S. The van der Waals surface area contributed by atoms with Gasteiger partial charge in [0.1, 0.15) is 6.29 Å². The van der Waals surface area contributed by atoms with Crippen molar-refractivity contribution in [3.8, 4) is 0 Å². The first-order chi connectivity index (χ1) is 5.06. The highest BCUT2D eigenvalue weighted by atomic mass is 32.2. The third kappa shape index (κ3) is 9.58. The van der Waals surface area contributed by atoms with E-state index < -0.39 is 10.0 Å². The molecule has 0 spiro atoms. The van der Waals surface area contributed by atoms with Crippen LogP contribution in [0.2, 0.25) is 0 Å². The lowest BCUT2D eigenvalue weighted by Gasteiger charge is -1.95. The van der Waals surface area contributed by atoms with E-state index in [9.17, 15) is 13.2 Å². The lowest BCUT2D eigenvalue weighted by atomic mass is 10.2. The molecule has 0 aromatic carbocycles. The molecule has 11 heavy (non-hydrogen) atoms.